The van der Waals surface area contributed by atoms with Crippen LogP contribution < -0.4 is 11.1 Å². The number of hydrogen-bond donors (Lipinski definition) is 3. The summed E-state index contributed by atoms with van der Waals surface area (Å²) in [6, 6.07) is 0.439. The lowest BCUT2D eigenvalue weighted by Gasteiger charge is -2.43. The van der Waals surface area contributed by atoms with Crippen LogP contribution in [-0.2, 0) is 4.74 Å². The lowest BCUT2D eigenvalue weighted by molar-refractivity contribution is 0.0260. The quantitative estimate of drug-likeness (QED) is 0.687. The Labute approximate surface area is 110 Å². The molecule has 2 aliphatic rings. The minimum Gasteiger partial charge on any atom is -0.396 e. The van der Waals surface area contributed by atoms with E-state index in [0.717, 1.165) is 25.7 Å². The molecule has 4 heteroatoms. The molecular formula is C14H28N2O2. The second kappa shape index (κ2) is 6.33. The van der Waals surface area contributed by atoms with Crippen molar-refractivity contribution in [3.05, 3.63) is 0 Å². The van der Waals surface area contributed by atoms with Crippen LogP contribution >= 0.6 is 0 Å². The highest BCUT2D eigenvalue weighted by atomic mass is 16.5. The molecule has 0 aliphatic heterocycles. The summed E-state index contributed by atoms with van der Waals surface area (Å²) < 4.78 is 5.52. The summed E-state index contributed by atoms with van der Waals surface area (Å²) in [6.45, 7) is 0.966. The number of nitrogens with one attached hydrogen (secondary N) is 1. The van der Waals surface area contributed by atoms with Crippen LogP contribution in [0.5, 0.6) is 0 Å². The minimum atomic E-state index is 0.0291. The van der Waals surface area contributed by atoms with Gasteiger partial charge < -0.3 is 20.9 Å². The predicted octanol–water partition coefficient (Wildman–Crippen LogP) is 1.02. The summed E-state index contributed by atoms with van der Waals surface area (Å²) in [5.41, 5.74) is 6.07. The Bertz CT molecular complexity index is 262. The van der Waals surface area contributed by atoms with Crippen LogP contribution in [0.1, 0.15) is 44.9 Å². The SMILES string of the molecule is COC1CCCC(CN)(NC2CCCC2CO)C1. The molecule has 0 radical (unpaired) electrons. The van der Waals surface area contributed by atoms with Crippen LogP contribution in [0.2, 0.25) is 0 Å². The van der Waals surface area contributed by atoms with Gasteiger partial charge in [0, 0.05) is 31.8 Å². The third kappa shape index (κ3) is 3.05. The number of nitrogens with two attached hydrogens (primary N) is 1. The molecule has 2 rings (SSSR count). The first-order valence-electron chi connectivity index (χ1n) is 7.34. The fourth-order valence-electron chi connectivity index (χ4n) is 3.72. The van der Waals surface area contributed by atoms with Gasteiger partial charge in [0.2, 0.25) is 0 Å². The zero-order valence-corrected chi connectivity index (χ0v) is 11.5. The maximum atomic E-state index is 9.42. The van der Waals surface area contributed by atoms with Crippen LogP contribution in [0.25, 0.3) is 0 Å². The summed E-state index contributed by atoms with van der Waals surface area (Å²) in [5.74, 6) is 0.413. The zero-order valence-electron chi connectivity index (χ0n) is 11.5. The topological polar surface area (TPSA) is 67.5 Å². The Kier molecular flexibility index (Phi) is 5.01. The molecule has 0 aromatic heterocycles. The van der Waals surface area contributed by atoms with E-state index in [2.05, 4.69) is 5.32 Å². The summed E-state index contributed by atoms with van der Waals surface area (Å²) in [4.78, 5) is 0. The molecule has 4 atom stereocenters. The molecule has 4 N–H and O–H groups in total. The highest BCUT2D eigenvalue weighted by molar-refractivity contribution is 4.99. The Morgan fingerprint density at radius 3 is 2.83 bits per heavy atom. The minimum absolute atomic E-state index is 0.0291. The number of methoxy groups -OCH3 is 1. The molecular weight excluding hydrogens is 228 g/mol. The average Bonchev–Trinajstić information content (AvgIpc) is 2.86. The average molecular weight is 256 g/mol. The van der Waals surface area contributed by atoms with E-state index in [1.54, 1.807) is 7.11 Å². The molecule has 0 spiro atoms. The van der Waals surface area contributed by atoms with Crippen molar-refractivity contribution >= 4 is 0 Å². The van der Waals surface area contributed by atoms with E-state index < -0.39 is 0 Å². The first-order chi connectivity index (χ1) is 8.73. The third-order valence-electron chi connectivity index (χ3n) is 4.91. The highest BCUT2D eigenvalue weighted by Gasteiger charge is 2.39. The molecule has 0 aromatic rings. The fraction of sp³-hybridized carbons (Fsp3) is 1.00. The Balaban J connectivity index is 1.98. The number of ether oxygens (including phenoxy) is 1. The number of hydrogen-bond acceptors (Lipinski definition) is 4. The second-order valence-corrected chi connectivity index (χ2v) is 6.06. The van der Waals surface area contributed by atoms with Crippen LogP contribution in [0.3, 0.4) is 0 Å². The van der Waals surface area contributed by atoms with Crippen molar-refractivity contribution in [2.24, 2.45) is 11.7 Å². The Hall–Kier alpha value is -0.160. The molecule has 2 fully saturated rings. The second-order valence-electron chi connectivity index (χ2n) is 6.06. The van der Waals surface area contributed by atoms with E-state index in [9.17, 15) is 5.11 Å². The van der Waals surface area contributed by atoms with Gasteiger partial charge in [-0.25, -0.2) is 0 Å². The molecule has 4 nitrogen and oxygen atoms in total. The van der Waals surface area contributed by atoms with Gasteiger partial charge in [0.05, 0.1) is 6.10 Å². The van der Waals surface area contributed by atoms with Gasteiger partial charge in [-0.2, -0.15) is 0 Å². The fourth-order valence-corrected chi connectivity index (χ4v) is 3.72. The van der Waals surface area contributed by atoms with Gasteiger partial charge in [-0.1, -0.05) is 6.42 Å². The van der Waals surface area contributed by atoms with Crippen LogP contribution in [0.4, 0.5) is 0 Å². The maximum absolute atomic E-state index is 9.42. The normalized spacial score (nSPS) is 41.2. The van der Waals surface area contributed by atoms with Crippen molar-refractivity contribution in [2.45, 2.75) is 62.6 Å². The molecule has 0 heterocycles. The van der Waals surface area contributed by atoms with Crippen molar-refractivity contribution in [3.8, 4) is 0 Å². The summed E-state index contributed by atoms with van der Waals surface area (Å²) in [7, 11) is 1.79. The molecule has 2 saturated carbocycles. The third-order valence-corrected chi connectivity index (χ3v) is 4.91. The molecule has 2 aliphatic carbocycles. The van der Waals surface area contributed by atoms with E-state index in [1.165, 1.54) is 19.3 Å². The molecule has 4 unspecified atom stereocenters. The van der Waals surface area contributed by atoms with Crippen LogP contribution in [0, 0.1) is 5.92 Å². The number of rotatable bonds is 5. The van der Waals surface area contributed by atoms with E-state index in [-0.39, 0.29) is 5.54 Å². The molecule has 0 saturated heterocycles. The Morgan fingerprint density at radius 1 is 1.33 bits per heavy atom. The molecule has 106 valence electrons. The lowest BCUT2D eigenvalue weighted by atomic mass is 9.79. The van der Waals surface area contributed by atoms with Gasteiger partial charge in [0.15, 0.2) is 0 Å². The smallest absolute Gasteiger partial charge is 0.0589 e. The maximum Gasteiger partial charge on any atom is 0.0589 e. The van der Waals surface area contributed by atoms with E-state index in [4.69, 9.17) is 10.5 Å². The van der Waals surface area contributed by atoms with E-state index in [0.29, 0.717) is 31.2 Å². The van der Waals surface area contributed by atoms with Gasteiger partial charge in [-0.05, 0) is 44.4 Å². The summed E-state index contributed by atoms with van der Waals surface area (Å²) >= 11 is 0. The number of aliphatic hydroxyl groups excluding tert-OH is 1. The van der Waals surface area contributed by atoms with Gasteiger partial charge in [-0.3, -0.25) is 0 Å². The van der Waals surface area contributed by atoms with Crippen molar-refractivity contribution in [1.29, 1.82) is 0 Å². The standard InChI is InChI=1S/C14H28N2O2/c1-18-12-5-3-7-14(8-12,10-15)16-13-6-2-4-11(13)9-17/h11-13,16-17H,2-10,15H2,1H3. The van der Waals surface area contributed by atoms with Crippen molar-refractivity contribution in [3.63, 3.8) is 0 Å². The Morgan fingerprint density at radius 2 is 2.17 bits per heavy atom. The van der Waals surface area contributed by atoms with Crippen LogP contribution in [-0.4, -0.2) is 43.1 Å². The van der Waals surface area contributed by atoms with E-state index in [1.807, 2.05) is 0 Å². The van der Waals surface area contributed by atoms with Gasteiger partial charge >= 0.3 is 0 Å². The monoisotopic (exact) mass is 256 g/mol. The first-order valence-corrected chi connectivity index (χ1v) is 7.34. The summed E-state index contributed by atoms with van der Waals surface area (Å²) in [5, 5.41) is 13.2. The highest BCUT2D eigenvalue weighted by Crippen LogP contribution is 2.33. The van der Waals surface area contributed by atoms with Crippen molar-refractivity contribution < 1.29 is 9.84 Å². The van der Waals surface area contributed by atoms with Crippen molar-refractivity contribution in [2.75, 3.05) is 20.3 Å². The van der Waals surface area contributed by atoms with E-state index >= 15 is 0 Å². The molecule has 18 heavy (non-hydrogen) atoms. The largest absolute Gasteiger partial charge is 0.396 e. The molecule has 0 amide bonds. The van der Waals surface area contributed by atoms with Gasteiger partial charge in [0.25, 0.3) is 0 Å². The number of aliphatic hydroxyl groups is 1. The van der Waals surface area contributed by atoms with Gasteiger partial charge in [-0.15, -0.1) is 0 Å². The molecule has 0 bridgehead atoms. The lowest BCUT2D eigenvalue weighted by Crippen LogP contribution is -2.59. The predicted molar refractivity (Wildman–Crippen MR) is 72.4 cm³/mol. The van der Waals surface area contributed by atoms with Crippen LogP contribution in [0.15, 0.2) is 0 Å². The first kappa shape index (κ1) is 14.3. The van der Waals surface area contributed by atoms with Gasteiger partial charge in [0.1, 0.15) is 0 Å². The zero-order chi connectivity index (χ0) is 13.0. The summed E-state index contributed by atoms with van der Waals surface area (Å²) in [6.07, 6.45) is 8.34. The van der Waals surface area contributed by atoms with Crippen molar-refractivity contribution in [1.82, 2.24) is 5.32 Å². The molecule has 0 aromatic carbocycles.